The quantitative estimate of drug-likeness (QED) is 0.904. The molecule has 1 unspecified atom stereocenters. The van der Waals surface area contributed by atoms with Gasteiger partial charge < -0.3 is 5.11 Å². The molecule has 1 aromatic heterocycles. The zero-order chi connectivity index (χ0) is 10.7. The average molecular weight is 261 g/mol. The molecule has 0 aliphatic rings. The van der Waals surface area contributed by atoms with Crippen molar-refractivity contribution in [1.82, 2.24) is 9.78 Å². The van der Waals surface area contributed by atoms with Gasteiger partial charge in [0.05, 0.1) is 22.5 Å². The van der Waals surface area contributed by atoms with Crippen LogP contribution in [-0.2, 0) is 6.42 Å². The molecule has 4 heteroatoms. The average Bonchev–Trinajstić information content (AvgIpc) is 2.43. The summed E-state index contributed by atoms with van der Waals surface area (Å²) < 4.78 is 3.03. The molecule has 1 rings (SSSR count). The third-order valence-electron chi connectivity index (χ3n) is 2.14. The van der Waals surface area contributed by atoms with Gasteiger partial charge >= 0.3 is 0 Å². The van der Waals surface area contributed by atoms with Gasteiger partial charge in [-0.1, -0.05) is 0 Å². The second-order valence-corrected chi connectivity index (χ2v) is 4.72. The van der Waals surface area contributed by atoms with Gasteiger partial charge in [0.1, 0.15) is 0 Å². The van der Waals surface area contributed by atoms with Crippen molar-refractivity contribution in [3.63, 3.8) is 0 Å². The van der Waals surface area contributed by atoms with Gasteiger partial charge in [-0.05, 0) is 49.5 Å². The first kappa shape index (κ1) is 11.7. The highest BCUT2D eigenvalue weighted by molar-refractivity contribution is 9.10. The SMILES string of the molecule is CC(O)CCc1c(Br)cnn1C(C)C. The van der Waals surface area contributed by atoms with E-state index in [-0.39, 0.29) is 6.10 Å². The van der Waals surface area contributed by atoms with Gasteiger partial charge in [0.2, 0.25) is 0 Å². The Labute approximate surface area is 93.3 Å². The molecule has 1 heterocycles. The number of aromatic nitrogens is 2. The summed E-state index contributed by atoms with van der Waals surface area (Å²) in [4.78, 5) is 0. The molecule has 0 aliphatic heterocycles. The van der Waals surface area contributed by atoms with Crippen LogP contribution in [0.4, 0.5) is 0 Å². The van der Waals surface area contributed by atoms with E-state index in [0.717, 1.165) is 17.3 Å². The minimum atomic E-state index is -0.252. The Morgan fingerprint density at radius 3 is 2.64 bits per heavy atom. The van der Waals surface area contributed by atoms with Crippen molar-refractivity contribution in [3.8, 4) is 0 Å². The van der Waals surface area contributed by atoms with E-state index < -0.39 is 0 Å². The van der Waals surface area contributed by atoms with Gasteiger partial charge in [-0.2, -0.15) is 5.10 Å². The van der Waals surface area contributed by atoms with Gasteiger partial charge in [-0.25, -0.2) is 0 Å². The fourth-order valence-electron chi connectivity index (χ4n) is 1.39. The molecule has 0 amide bonds. The van der Waals surface area contributed by atoms with Crippen LogP contribution >= 0.6 is 15.9 Å². The number of halogens is 1. The molecule has 0 spiro atoms. The van der Waals surface area contributed by atoms with Crippen molar-refractivity contribution >= 4 is 15.9 Å². The van der Waals surface area contributed by atoms with E-state index in [2.05, 4.69) is 34.9 Å². The molecule has 3 nitrogen and oxygen atoms in total. The molecule has 0 saturated heterocycles. The number of aliphatic hydroxyl groups is 1. The first-order chi connectivity index (χ1) is 6.52. The Bertz CT molecular complexity index is 294. The van der Waals surface area contributed by atoms with Gasteiger partial charge in [0, 0.05) is 6.04 Å². The molecule has 0 saturated carbocycles. The minimum absolute atomic E-state index is 0.252. The van der Waals surface area contributed by atoms with Crippen LogP contribution < -0.4 is 0 Å². The monoisotopic (exact) mass is 260 g/mol. The molecule has 80 valence electrons. The van der Waals surface area contributed by atoms with Crippen LogP contribution in [-0.4, -0.2) is 21.0 Å². The minimum Gasteiger partial charge on any atom is -0.393 e. The third kappa shape index (κ3) is 2.82. The van der Waals surface area contributed by atoms with E-state index in [0.29, 0.717) is 6.04 Å². The molecule has 0 aliphatic carbocycles. The van der Waals surface area contributed by atoms with Crippen molar-refractivity contribution in [2.45, 2.75) is 45.8 Å². The lowest BCUT2D eigenvalue weighted by molar-refractivity contribution is 0.183. The van der Waals surface area contributed by atoms with Crippen molar-refractivity contribution in [2.24, 2.45) is 0 Å². The molecule has 1 aromatic rings. The maximum atomic E-state index is 9.23. The fraction of sp³-hybridized carbons (Fsp3) is 0.700. The second-order valence-electron chi connectivity index (χ2n) is 3.87. The third-order valence-corrected chi connectivity index (χ3v) is 2.80. The van der Waals surface area contributed by atoms with E-state index in [9.17, 15) is 5.11 Å². The number of nitrogens with zero attached hydrogens (tertiary/aromatic N) is 2. The molecule has 14 heavy (non-hydrogen) atoms. The summed E-state index contributed by atoms with van der Waals surface area (Å²) in [5.74, 6) is 0. The van der Waals surface area contributed by atoms with E-state index >= 15 is 0 Å². The van der Waals surface area contributed by atoms with Crippen LogP contribution in [0.5, 0.6) is 0 Å². The van der Waals surface area contributed by atoms with Crippen LogP contribution in [0, 0.1) is 0 Å². The molecular weight excluding hydrogens is 244 g/mol. The lowest BCUT2D eigenvalue weighted by Gasteiger charge is -2.12. The number of hydrogen-bond acceptors (Lipinski definition) is 2. The van der Waals surface area contributed by atoms with E-state index in [1.807, 2.05) is 17.8 Å². The number of hydrogen-bond donors (Lipinski definition) is 1. The van der Waals surface area contributed by atoms with E-state index in [1.54, 1.807) is 0 Å². The van der Waals surface area contributed by atoms with Crippen LogP contribution in [0.15, 0.2) is 10.7 Å². The van der Waals surface area contributed by atoms with Crippen LogP contribution in [0.25, 0.3) is 0 Å². The van der Waals surface area contributed by atoms with Crippen LogP contribution in [0.1, 0.15) is 38.9 Å². The Morgan fingerprint density at radius 2 is 2.14 bits per heavy atom. The van der Waals surface area contributed by atoms with Crippen molar-refractivity contribution < 1.29 is 5.11 Å². The smallest absolute Gasteiger partial charge is 0.0635 e. The van der Waals surface area contributed by atoms with Crippen LogP contribution in [0.3, 0.4) is 0 Å². The zero-order valence-electron chi connectivity index (χ0n) is 8.87. The summed E-state index contributed by atoms with van der Waals surface area (Å²) in [5, 5.41) is 13.5. The van der Waals surface area contributed by atoms with Crippen molar-refractivity contribution in [2.75, 3.05) is 0 Å². The summed E-state index contributed by atoms with van der Waals surface area (Å²) in [7, 11) is 0. The molecule has 0 aromatic carbocycles. The van der Waals surface area contributed by atoms with Crippen molar-refractivity contribution in [1.29, 1.82) is 0 Å². The first-order valence-corrected chi connectivity index (χ1v) is 5.71. The normalized spacial score (nSPS) is 13.6. The molecule has 0 bridgehead atoms. The molecule has 0 radical (unpaired) electrons. The Morgan fingerprint density at radius 1 is 1.50 bits per heavy atom. The Hall–Kier alpha value is -0.350. The highest BCUT2D eigenvalue weighted by Gasteiger charge is 2.11. The van der Waals surface area contributed by atoms with Crippen molar-refractivity contribution in [3.05, 3.63) is 16.4 Å². The first-order valence-electron chi connectivity index (χ1n) is 4.92. The van der Waals surface area contributed by atoms with Gasteiger partial charge in [0.15, 0.2) is 0 Å². The van der Waals surface area contributed by atoms with Crippen LogP contribution in [0.2, 0.25) is 0 Å². The topological polar surface area (TPSA) is 38.1 Å². The molecule has 1 atom stereocenters. The number of aliphatic hydroxyl groups excluding tert-OH is 1. The summed E-state index contributed by atoms with van der Waals surface area (Å²) >= 11 is 3.47. The number of rotatable bonds is 4. The molecule has 0 fully saturated rings. The Kier molecular flexibility index (Phi) is 4.13. The van der Waals surface area contributed by atoms with Gasteiger partial charge in [0.25, 0.3) is 0 Å². The maximum absolute atomic E-state index is 9.23. The second kappa shape index (κ2) is 4.94. The highest BCUT2D eigenvalue weighted by atomic mass is 79.9. The fourth-order valence-corrected chi connectivity index (χ4v) is 1.86. The van der Waals surface area contributed by atoms with E-state index in [1.165, 1.54) is 5.69 Å². The predicted octanol–water partition coefficient (Wildman–Crippen LogP) is 2.54. The predicted molar refractivity (Wildman–Crippen MR) is 60.3 cm³/mol. The van der Waals surface area contributed by atoms with Gasteiger partial charge in [-0.15, -0.1) is 0 Å². The van der Waals surface area contributed by atoms with Gasteiger partial charge in [-0.3, -0.25) is 4.68 Å². The zero-order valence-corrected chi connectivity index (χ0v) is 10.5. The standard InChI is InChI=1S/C10H17BrN2O/c1-7(2)13-10(5-4-8(3)14)9(11)6-12-13/h6-8,14H,4-5H2,1-3H3. The maximum Gasteiger partial charge on any atom is 0.0635 e. The highest BCUT2D eigenvalue weighted by Crippen LogP contribution is 2.21. The van der Waals surface area contributed by atoms with E-state index in [4.69, 9.17) is 0 Å². The lowest BCUT2D eigenvalue weighted by atomic mass is 10.1. The molecular formula is C10H17BrN2O. The Balaban J connectivity index is 2.77. The molecule has 1 N–H and O–H groups in total. The summed E-state index contributed by atoms with van der Waals surface area (Å²) in [6.07, 6.45) is 3.20. The summed E-state index contributed by atoms with van der Waals surface area (Å²) in [6, 6.07) is 0.366. The summed E-state index contributed by atoms with van der Waals surface area (Å²) in [5.41, 5.74) is 1.17. The largest absolute Gasteiger partial charge is 0.393 e. The summed E-state index contributed by atoms with van der Waals surface area (Å²) in [6.45, 7) is 6.01. The lowest BCUT2D eigenvalue weighted by Crippen LogP contribution is -2.10.